The van der Waals surface area contributed by atoms with Crippen molar-refractivity contribution in [2.24, 2.45) is 0 Å². The van der Waals surface area contributed by atoms with Gasteiger partial charge in [0, 0.05) is 18.9 Å². The third kappa shape index (κ3) is 5.09. The third-order valence-corrected chi connectivity index (χ3v) is 4.66. The summed E-state index contributed by atoms with van der Waals surface area (Å²) in [5, 5.41) is 7.12. The Hall–Kier alpha value is -3.08. The summed E-state index contributed by atoms with van der Waals surface area (Å²) in [4.78, 5) is 27.6. The van der Waals surface area contributed by atoms with Crippen molar-refractivity contribution in [2.45, 2.75) is 37.3 Å². The molecule has 0 radical (unpaired) electrons. The van der Waals surface area contributed by atoms with Crippen LogP contribution in [0, 0.1) is 0 Å². The summed E-state index contributed by atoms with van der Waals surface area (Å²) in [7, 11) is 0. The molecule has 8 nitrogen and oxygen atoms in total. The van der Waals surface area contributed by atoms with Crippen molar-refractivity contribution in [3.8, 4) is 5.88 Å². The van der Waals surface area contributed by atoms with E-state index >= 15 is 0 Å². The van der Waals surface area contributed by atoms with Crippen molar-refractivity contribution in [1.29, 1.82) is 0 Å². The van der Waals surface area contributed by atoms with Crippen LogP contribution in [-0.2, 0) is 9.53 Å². The predicted molar refractivity (Wildman–Crippen MR) is 94.9 cm³/mol. The highest BCUT2D eigenvalue weighted by atomic mass is 19.4. The fourth-order valence-electron chi connectivity index (χ4n) is 3.37. The molecule has 0 bridgehead atoms. The summed E-state index contributed by atoms with van der Waals surface area (Å²) in [5.41, 5.74) is 0.563. The normalized spacial score (nSPS) is 23.2. The Balaban J connectivity index is 0.000000318. The lowest BCUT2D eigenvalue weighted by Gasteiger charge is -2.31. The Bertz CT molecular complexity index is 844. The van der Waals surface area contributed by atoms with E-state index < -0.39 is 12.1 Å². The van der Waals surface area contributed by atoms with Gasteiger partial charge in [0.15, 0.2) is 0 Å². The van der Waals surface area contributed by atoms with Gasteiger partial charge in [-0.15, -0.1) is 0 Å². The van der Waals surface area contributed by atoms with Gasteiger partial charge < -0.3 is 23.9 Å². The number of hydrogen-bond acceptors (Lipinski definition) is 6. The molecule has 2 fully saturated rings. The van der Waals surface area contributed by atoms with Crippen molar-refractivity contribution < 1.29 is 41.8 Å². The van der Waals surface area contributed by atoms with Gasteiger partial charge in [0.2, 0.25) is 5.88 Å². The van der Waals surface area contributed by atoms with Gasteiger partial charge in [0.05, 0.1) is 24.4 Å². The molecule has 0 saturated carbocycles. The van der Waals surface area contributed by atoms with Crippen LogP contribution in [-0.4, -0.2) is 64.4 Å². The zero-order valence-corrected chi connectivity index (χ0v) is 15.6. The van der Waals surface area contributed by atoms with Crippen molar-refractivity contribution >= 4 is 11.9 Å². The maximum absolute atomic E-state index is 12.7. The molecule has 30 heavy (non-hydrogen) atoms. The number of ether oxygens (including phenoxy) is 2. The second-order valence-electron chi connectivity index (χ2n) is 6.64. The number of carbonyl (C=O) groups excluding carboxylic acids is 1. The number of amides is 1. The van der Waals surface area contributed by atoms with Gasteiger partial charge in [0.25, 0.3) is 5.91 Å². The summed E-state index contributed by atoms with van der Waals surface area (Å²) in [6.45, 7) is 1.20. The van der Waals surface area contributed by atoms with Gasteiger partial charge in [-0.3, -0.25) is 4.79 Å². The Morgan fingerprint density at radius 2 is 2.03 bits per heavy atom. The van der Waals surface area contributed by atoms with Crippen LogP contribution in [0.3, 0.4) is 0 Å². The van der Waals surface area contributed by atoms with Gasteiger partial charge in [-0.1, -0.05) is 6.07 Å². The number of furan rings is 1. The van der Waals surface area contributed by atoms with Crippen LogP contribution < -0.4 is 4.74 Å². The Morgan fingerprint density at radius 1 is 1.27 bits per heavy atom. The zero-order valence-electron chi connectivity index (χ0n) is 15.6. The number of fused-ring (bicyclic) bond motifs is 1. The number of hydrogen-bond donors (Lipinski definition) is 1. The minimum Gasteiger partial charge on any atom is -0.475 e. The first-order chi connectivity index (χ1) is 14.3. The number of rotatable bonds is 3. The first-order valence-corrected chi connectivity index (χ1v) is 9.10. The lowest BCUT2D eigenvalue weighted by molar-refractivity contribution is -0.192. The van der Waals surface area contributed by atoms with Crippen LogP contribution in [0.5, 0.6) is 5.88 Å². The predicted octanol–water partition coefficient (Wildman–Crippen LogP) is 2.76. The lowest BCUT2D eigenvalue weighted by atomic mass is 10.0. The minimum atomic E-state index is -5.08. The molecule has 0 spiro atoms. The average Bonchev–Trinajstić information content (AvgIpc) is 3.37. The van der Waals surface area contributed by atoms with Crippen molar-refractivity contribution in [2.75, 3.05) is 13.2 Å². The maximum atomic E-state index is 12.7. The standard InChI is InChI=1S/C17H18N2O4.C2HF3O2/c20-17(12-6-9-21-11-12)19-10-14(16-13(19)4-3-8-22-16)23-15-5-1-2-7-18-15;3-2(4,5)1(6)7/h1-2,5-7,9,11,13-14,16H,3-4,8,10H2;(H,6,7)/t13-,14-,16+;/m1./s1. The number of alkyl halides is 3. The quantitative estimate of drug-likeness (QED) is 0.802. The largest absolute Gasteiger partial charge is 0.490 e. The van der Waals surface area contributed by atoms with Crippen LogP contribution >= 0.6 is 0 Å². The first kappa shape index (κ1) is 21.6. The molecule has 0 aliphatic carbocycles. The van der Waals surface area contributed by atoms with Crippen LogP contribution in [0.25, 0.3) is 0 Å². The molecule has 2 saturated heterocycles. The molecule has 0 aromatic carbocycles. The number of likely N-dealkylation sites (tertiary alicyclic amines) is 1. The molecule has 2 aromatic rings. The van der Waals surface area contributed by atoms with Gasteiger partial charge >= 0.3 is 12.1 Å². The number of aliphatic carboxylic acids is 1. The molecule has 1 N–H and O–H groups in total. The molecule has 11 heteroatoms. The second-order valence-corrected chi connectivity index (χ2v) is 6.64. The van der Waals surface area contributed by atoms with Gasteiger partial charge in [0.1, 0.15) is 18.5 Å². The third-order valence-electron chi connectivity index (χ3n) is 4.66. The highest BCUT2D eigenvalue weighted by Crippen LogP contribution is 2.32. The summed E-state index contributed by atoms with van der Waals surface area (Å²) in [6, 6.07) is 7.27. The fourth-order valence-corrected chi connectivity index (χ4v) is 3.37. The number of carboxylic acids is 1. The van der Waals surface area contributed by atoms with E-state index in [1.165, 1.54) is 12.5 Å². The van der Waals surface area contributed by atoms with Crippen molar-refractivity contribution in [3.63, 3.8) is 0 Å². The van der Waals surface area contributed by atoms with E-state index in [0.717, 1.165) is 12.8 Å². The van der Waals surface area contributed by atoms with Crippen LogP contribution in [0.2, 0.25) is 0 Å². The molecule has 4 heterocycles. The minimum absolute atomic E-state index is 0.0358. The molecule has 2 aliphatic heterocycles. The average molecular weight is 428 g/mol. The molecular formula is C19H19F3N2O6. The number of carboxylic acid groups (broad SMARTS) is 1. The molecular weight excluding hydrogens is 409 g/mol. The molecule has 2 aromatic heterocycles. The SMILES string of the molecule is O=C(O)C(F)(F)F.O=C(c1ccoc1)N1C[C@@H](Oc2ccccn2)[C@H]2OCCC[C@H]21. The fraction of sp³-hybridized carbons (Fsp3) is 0.421. The number of pyridine rings is 1. The van der Waals surface area contributed by atoms with Crippen LogP contribution in [0.1, 0.15) is 23.2 Å². The Morgan fingerprint density at radius 3 is 2.63 bits per heavy atom. The molecule has 4 rings (SSSR count). The van der Waals surface area contributed by atoms with E-state index in [9.17, 15) is 18.0 Å². The number of halogens is 3. The Kier molecular flexibility index (Phi) is 6.60. The number of carbonyl (C=O) groups is 2. The summed E-state index contributed by atoms with van der Waals surface area (Å²) < 4.78 is 48.7. The Labute approximate surface area is 169 Å². The highest BCUT2D eigenvalue weighted by molar-refractivity contribution is 5.94. The van der Waals surface area contributed by atoms with E-state index in [4.69, 9.17) is 23.8 Å². The molecule has 2 aliphatic rings. The van der Waals surface area contributed by atoms with Crippen molar-refractivity contribution in [1.82, 2.24) is 9.88 Å². The maximum Gasteiger partial charge on any atom is 0.490 e. The summed E-state index contributed by atoms with van der Waals surface area (Å²) in [5.74, 6) is -2.23. The molecule has 3 atom stereocenters. The van der Waals surface area contributed by atoms with Crippen LogP contribution in [0.4, 0.5) is 13.2 Å². The lowest BCUT2D eigenvalue weighted by Crippen LogP contribution is -2.44. The monoisotopic (exact) mass is 428 g/mol. The number of nitrogens with zero attached hydrogens (tertiary/aromatic N) is 2. The van der Waals surface area contributed by atoms with E-state index in [1.54, 1.807) is 12.3 Å². The van der Waals surface area contributed by atoms with Crippen LogP contribution in [0.15, 0.2) is 47.4 Å². The highest BCUT2D eigenvalue weighted by Gasteiger charge is 2.47. The van der Waals surface area contributed by atoms with Gasteiger partial charge in [-0.05, 0) is 25.0 Å². The van der Waals surface area contributed by atoms with E-state index in [1.807, 2.05) is 23.1 Å². The molecule has 0 unspecified atom stereocenters. The second kappa shape index (κ2) is 9.16. The first-order valence-electron chi connectivity index (χ1n) is 9.10. The topological polar surface area (TPSA) is 102 Å². The summed E-state index contributed by atoms with van der Waals surface area (Å²) >= 11 is 0. The van der Waals surface area contributed by atoms with Gasteiger partial charge in [-0.2, -0.15) is 13.2 Å². The number of aromatic nitrogens is 1. The molecule has 162 valence electrons. The smallest absolute Gasteiger partial charge is 0.475 e. The van der Waals surface area contributed by atoms with E-state index in [-0.39, 0.29) is 24.2 Å². The zero-order chi connectivity index (χ0) is 21.7. The van der Waals surface area contributed by atoms with Crippen molar-refractivity contribution in [3.05, 3.63) is 48.6 Å². The van der Waals surface area contributed by atoms with E-state index in [0.29, 0.717) is 24.6 Å². The molecule has 1 amide bonds. The van der Waals surface area contributed by atoms with Gasteiger partial charge in [-0.25, -0.2) is 9.78 Å². The summed E-state index contributed by atoms with van der Waals surface area (Å²) in [6.07, 6.45) is 1.17. The van der Waals surface area contributed by atoms with E-state index in [2.05, 4.69) is 4.98 Å².